The molecule has 0 saturated carbocycles. The number of hydrogen-bond acceptors (Lipinski definition) is 3. The minimum atomic E-state index is -0.0712. The summed E-state index contributed by atoms with van der Waals surface area (Å²) in [5, 5.41) is 3.08. The van der Waals surface area contributed by atoms with Gasteiger partial charge in [0.15, 0.2) is 0 Å². The maximum Gasteiger partial charge on any atom is 0.263 e. The van der Waals surface area contributed by atoms with Gasteiger partial charge in [-0.05, 0) is 45.2 Å². The van der Waals surface area contributed by atoms with E-state index in [-0.39, 0.29) is 23.8 Å². The number of carbonyl (C=O) groups is 2. The topological polar surface area (TPSA) is 49.4 Å². The van der Waals surface area contributed by atoms with Crippen molar-refractivity contribution in [1.29, 1.82) is 0 Å². The molecular formula is C17H26N2O2S. The lowest BCUT2D eigenvalue weighted by Crippen LogP contribution is -2.47. The molecule has 122 valence electrons. The van der Waals surface area contributed by atoms with Crippen molar-refractivity contribution >= 4 is 23.2 Å². The molecule has 4 nitrogen and oxygen atoms in total. The Balaban J connectivity index is 1.93. The summed E-state index contributed by atoms with van der Waals surface area (Å²) in [5.41, 5.74) is 0. The Morgan fingerprint density at radius 1 is 1.45 bits per heavy atom. The summed E-state index contributed by atoms with van der Waals surface area (Å²) in [7, 11) is 0. The molecule has 1 aromatic rings. The number of nitrogens with zero attached hydrogens (tertiary/aromatic N) is 1. The van der Waals surface area contributed by atoms with Crippen LogP contribution in [0.15, 0.2) is 12.1 Å². The molecule has 1 fully saturated rings. The van der Waals surface area contributed by atoms with Gasteiger partial charge in [0.25, 0.3) is 5.91 Å². The normalized spacial score (nSPS) is 19.8. The highest BCUT2D eigenvalue weighted by atomic mass is 32.1. The zero-order valence-electron chi connectivity index (χ0n) is 13.7. The second-order valence-electron chi connectivity index (χ2n) is 6.20. The van der Waals surface area contributed by atoms with Crippen LogP contribution in [0.5, 0.6) is 0 Å². The zero-order valence-corrected chi connectivity index (χ0v) is 14.5. The van der Waals surface area contributed by atoms with Crippen LogP contribution in [0.25, 0.3) is 0 Å². The van der Waals surface area contributed by atoms with Crippen molar-refractivity contribution in [3.63, 3.8) is 0 Å². The van der Waals surface area contributed by atoms with Crippen molar-refractivity contribution in [2.75, 3.05) is 13.1 Å². The molecule has 0 aliphatic carbocycles. The summed E-state index contributed by atoms with van der Waals surface area (Å²) in [6, 6.07) is 4.07. The van der Waals surface area contributed by atoms with Gasteiger partial charge in [0.05, 0.1) is 10.8 Å². The summed E-state index contributed by atoms with van der Waals surface area (Å²) < 4.78 is 0. The summed E-state index contributed by atoms with van der Waals surface area (Å²) in [5.74, 6) is 0.0936. The highest BCUT2D eigenvalue weighted by Gasteiger charge is 2.29. The molecule has 1 N–H and O–H groups in total. The predicted molar refractivity (Wildman–Crippen MR) is 90.2 cm³/mol. The van der Waals surface area contributed by atoms with Crippen molar-refractivity contribution in [3.05, 3.63) is 21.9 Å². The maximum absolute atomic E-state index is 12.5. The number of piperidine rings is 1. The van der Waals surface area contributed by atoms with E-state index >= 15 is 0 Å². The van der Waals surface area contributed by atoms with Crippen LogP contribution in [0, 0.1) is 12.8 Å². The van der Waals surface area contributed by atoms with Crippen LogP contribution in [0.1, 0.15) is 54.1 Å². The first-order valence-electron chi connectivity index (χ1n) is 8.17. The molecule has 5 heteroatoms. The van der Waals surface area contributed by atoms with Crippen molar-refractivity contribution in [2.45, 2.75) is 52.5 Å². The van der Waals surface area contributed by atoms with Gasteiger partial charge in [0, 0.05) is 24.0 Å². The van der Waals surface area contributed by atoms with Crippen LogP contribution < -0.4 is 5.32 Å². The number of likely N-dealkylation sites (tertiary alicyclic amines) is 1. The number of thiophene rings is 1. The molecule has 1 saturated heterocycles. The molecule has 0 aromatic carbocycles. The van der Waals surface area contributed by atoms with Crippen LogP contribution in [-0.4, -0.2) is 35.8 Å². The lowest BCUT2D eigenvalue weighted by molar-refractivity contribution is -0.127. The van der Waals surface area contributed by atoms with E-state index in [1.807, 2.05) is 30.9 Å². The third-order valence-corrected chi connectivity index (χ3v) is 5.13. The fourth-order valence-electron chi connectivity index (χ4n) is 2.95. The molecule has 1 aliphatic rings. The van der Waals surface area contributed by atoms with Crippen molar-refractivity contribution < 1.29 is 9.59 Å². The van der Waals surface area contributed by atoms with E-state index in [1.165, 1.54) is 11.3 Å². The fraction of sp³-hybridized carbons (Fsp3) is 0.647. The number of hydrogen-bond donors (Lipinski definition) is 1. The summed E-state index contributed by atoms with van der Waals surface area (Å²) in [6.07, 6.45) is 3.83. The molecule has 0 bridgehead atoms. The third kappa shape index (κ3) is 4.32. The fourth-order valence-corrected chi connectivity index (χ4v) is 3.78. The Morgan fingerprint density at radius 3 is 2.86 bits per heavy atom. The number of carbonyl (C=O) groups excluding carboxylic acids is 2. The molecule has 0 radical (unpaired) electrons. The number of amides is 2. The second kappa shape index (κ2) is 7.77. The summed E-state index contributed by atoms with van der Waals surface area (Å²) >= 11 is 1.52. The maximum atomic E-state index is 12.5. The minimum absolute atomic E-state index is 0.0669. The number of rotatable bonds is 5. The van der Waals surface area contributed by atoms with E-state index in [2.05, 4.69) is 12.2 Å². The quantitative estimate of drug-likeness (QED) is 0.905. The molecule has 22 heavy (non-hydrogen) atoms. The Kier molecular flexibility index (Phi) is 6.00. The summed E-state index contributed by atoms with van der Waals surface area (Å²) in [6.45, 7) is 7.46. The van der Waals surface area contributed by atoms with E-state index in [9.17, 15) is 9.59 Å². The molecule has 1 aliphatic heterocycles. The Hall–Kier alpha value is -1.36. The van der Waals surface area contributed by atoms with Crippen LogP contribution in [0.4, 0.5) is 0 Å². The molecule has 2 rings (SSSR count). The molecule has 2 amide bonds. The SMILES string of the molecule is CCCC(C)NC(=O)C1CCCN(C(=O)c2ccc(C)s2)C1. The lowest BCUT2D eigenvalue weighted by Gasteiger charge is -2.32. The first-order chi connectivity index (χ1) is 10.5. The van der Waals surface area contributed by atoms with Crippen LogP contribution >= 0.6 is 11.3 Å². The van der Waals surface area contributed by atoms with Crippen LogP contribution in [0.3, 0.4) is 0 Å². The average molecular weight is 322 g/mol. The van der Waals surface area contributed by atoms with E-state index in [0.29, 0.717) is 6.54 Å². The molecule has 2 heterocycles. The van der Waals surface area contributed by atoms with Gasteiger partial charge in [0.1, 0.15) is 0 Å². The highest BCUT2D eigenvalue weighted by Crippen LogP contribution is 2.22. The van der Waals surface area contributed by atoms with Gasteiger partial charge in [-0.1, -0.05) is 13.3 Å². The Labute approximate surface area is 136 Å². The van der Waals surface area contributed by atoms with E-state index in [0.717, 1.165) is 42.0 Å². The van der Waals surface area contributed by atoms with Gasteiger partial charge >= 0.3 is 0 Å². The van der Waals surface area contributed by atoms with Crippen molar-refractivity contribution in [2.24, 2.45) is 5.92 Å². The van der Waals surface area contributed by atoms with Crippen molar-refractivity contribution in [1.82, 2.24) is 10.2 Å². The first kappa shape index (κ1) is 17.0. The van der Waals surface area contributed by atoms with E-state index in [1.54, 1.807) is 0 Å². The molecule has 0 spiro atoms. The third-order valence-electron chi connectivity index (χ3n) is 4.14. The summed E-state index contributed by atoms with van der Waals surface area (Å²) in [4.78, 5) is 28.6. The van der Waals surface area contributed by atoms with E-state index in [4.69, 9.17) is 0 Å². The monoisotopic (exact) mass is 322 g/mol. The van der Waals surface area contributed by atoms with Crippen LogP contribution in [0.2, 0.25) is 0 Å². The van der Waals surface area contributed by atoms with Gasteiger partial charge in [-0.3, -0.25) is 9.59 Å². The Bertz CT molecular complexity index is 526. The first-order valence-corrected chi connectivity index (χ1v) is 8.99. The molecular weight excluding hydrogens is 296 g/mol. The van der Waals surface area contributed by atoms with Gasteiger partial charge in [-0.25, -0.2) is 0 Å². The standard InChI is InChI=1S/C17H26N2O2S/c1-4-6-12(2)18-16(20)14-7-5-10-19(11-14)17(21)15-9-8-13(3)22-15/h8-9,12,14H,4-7,10-11H2,1-3H3,(H,18,20). The van der Waals surface area contributed by atoms with Crippen molar-refractivity contribution in [3.8, 4) is 0 Å². The van der Waals surface area contributed by atoms with Gasteiger partial charge in [-0.15, -0.1) is 11.3 Å². The van der Waals surface area contributed by atoms with Crippen LogP contribution in [-0.2, 0) is 4.79 Å². The predicted octanol–water partition coefficient (Wildman–Crippen LogP) is 3.21. The Morgan fingerprint density at radius 2 is 2.23 bits per heavy atom. The van der Waals surface area contributed by atoms with Gasteiger partial charge in [-0.2, -0.15) is 0 Å². The highest BCUT2D eigenvalue weighted by molar-refractivity contribution is 7.13. The number of aryl methyl sites for hydroxylation is 1. The lowest BCUT2D eigenvalue weighted by atomic mass is 9.96. The largest absolute Gasteiger partial charge is 0.353 e. The molecule has 2 atom stereocenters. The zero-order chi connectivity index (χ0) is 16.1. The minimum Gasteiger partial charge on any atom is -0.353 e. The molecule has 1 aromatic heterocycles. The molecule has 2 unspecified atom stereocenters. The smallest absolute Gasteiger partial charge is 0.263 e. The average Bonchev–Trinajstić information content (AvgIpc) is 2.93. The van der Waals surface area contributed by atoms with Gasteiger partial charge in [0.2, 0.25) is 5.91 Å². The van der Waals surface area contributed by atoms with Gasteiger partial charge < -0.3 is 10.2 Å². The van der Waals surface area contributed by atoms with E-state index < -0.39 is 0 Å². The number of nitrogens with one attached hydrogen (secondary N) is 1. The second-order valence-corrected chi connectivity index (χ2v) is 7.49.